The molecule has 0 spiro atoms. The lowest BCUT2D eigenvalue weighted by Gasteiger charge is -2.20. The van der Waals surface area contributed by atoms with Gasteiger partial charge in [-0.1, -0.05) is 44.2 Å². The molecule has 4 nitrogen and oxygen atoms in total. The molecule has 0 aromatic heterocycles. The molecule has 4 heteroatoms. The summed E-state index contributed by atoms with van der Waals surface area (Å²) < 4.78 is 0. The SMILES string of the molecule is CCCN(CC)CCNC(=O)C(N)Cc1ccccc1. The molecule has 0 radical (unpaired) electrons. The van der Waals surface area contributed by atoms with Crippen LogP contribution in [0.2, 0.25) is 0 Å². The number of hydrogen-bond donors (Lipinski definition) is 2. The number of nitrogens with zero attached hydrogens (tertiary/aromatic N) is 1. The van der Waals surface area contributed by atoms with E-state index in [9.17, 15) is 4.79 Å². The second-order valence-electron chi connectivity index (χ2n) is 5.02. The van der Waals surface area contributed by atoms with Gasteiger partial charge < -0.3 is 16.0 Å². The summed E-state index contributed by atoms with van der Waals surface area (Å²) in [5, 5.41) is 2.92. The monoisotopic (exact) mass is 277 g/mol. The molecule has 0 saturated carbocycles. The summed E-state index contributed by atoms with van der Waals surface area (Å²) in [5.74, 6) is -0.0681. The van der Waals surface area contributed by atoms with Crippen molar-refractivity contribution in [3.8, 4) is 0 Å². The fourth-order valence-corrected chi connectivity index (χ4v) is 2.17. The van der Waals surface area contributed by atoms with Crippen LogP contribution in [0.25, 0.3) is 0 Å². The first-order valence-corrected chi connectivity index (χ1v) is 7.47. The van der Waals surface area contributed by atoms with Crippen LogP contribution in [0.4, 0.5) is 0 Å². The Morgan fingerprint density at radius 2 is 1.95 bits per heavy atom. The van der Waals surface area contributed by atoms with Crippen molar-refractivity contribution in [3.05, 3.63) is 35.9 Å². The topological polar surface area (TPSA) is 58.4 Å². The summed E-state index contributed by atoms with van der Waals surface area (Å²) in [6.45, 7) is 7.93. The van der Waals surface area contributed by atoms with Crippen LogP contribution in [0, 0.1) is 0 Å². The van der Waals surface area contributed by atoms with Gasteiger partial charge in [0.25, 0.3) is 0 Å². The maximum atomic E-state index is 11.9. The van der Waals surface area contributed by atoms with Gasteiger partial charge in [0.2, 0.25) is 5.91 Å². The Bertz CT molecular complexity index is 381. The zero-order valence-corrected chi connectivity index (χ0v) is 12.6. The van der Waals surface area contributed by atoms with Gasteiger partial charge in [0.05, 0.1) is 6.04 Å². The highest BCUT2D eigenvalue weighted by Crippen LogP contribution is 2.01. The molecule has 1 aromatic rings. The van der Waals surface area contributed by atoms with E-state index in [1.807, 2.05) is 30.3 Å². The van der Waals surface area contributed by atoms with Crippen LogP contribution in [0.1, 0.15) is 25.8 Å². The van der Waals surface area contributed by atoms with E-state index in [1.54, 1.807) is 0 Å². The fourth-order valence-electron chi connectivity index (χ4n) is 2.17. The van der Waals surface area contributed by atoms with Gasteiger partial charge in [-0.3, -0.25) is 4.79 Å². The number of carbonyl (C=O) groups excluding carboxylic acids is 1. The molecule has 0 aliphatic carbocycles. The number of nitrogens with one attached hydrogen (secondary N) is 1. The molecule has 0 aliphatic heterocycles. The van der Waals surface area contributed by atoms with Crippen molar-refractivity contribution in [3.63, 3.8) is 0 Å². The van der Waals surface area contributed by atoms with Crippen molar-refractivity contribution in [2.24, 2.45) is 5.73 Å². The lowest BCUT2D eigenvalue weighted by atomic mass is 10.1. The van der Waals surface area contributed by atoms with Crippen molar-refractivity contribution < 1.29 is 4.79 Å². The van der Waals surface area contributed by atoms with Crippen molar-refractivity contribution in [2.45, 2.75) is 32.7 Å². The molecule has 0 bridgehead atoms. The van der Waals surface area contributed by atoms with Crippen LogP contribution >= 0.6 is 0 Å². The molecule has 20 heavy (non-hydrogen) atoms. The number of amides is 1. The summed E-state index contributed by atoms with van der Waals surface area (Å²) in [5.41, 5.74) is 7.03. The second-order valence-corrected chi connectivity index (χ2v) is 5.02. The van der Waals surface area contributed by atoms with Crippen LogP contribution in [0.5, 0.6) is 0 Å². The summed E-state index contributed by atoms with van der Waals surface area (Å²) in [6.07, 6.45) is 1.72. The minimum absolute atomic E-state index is 0.0681. The average molecular weight is 277 g/mol. The van der Waals surface area contributed by atoms with Gasteiger partial charge in [0.15, 0.2) is 0 Å². The normalized spacial score (nSPS) is 12.4. The Kier molecular flexibility index (Phi) is 7.92. The average Bonchev–Trinajstić information content (AvgIpc) is 2.47. The van der Waals surface area contributed by atoms with Crippen molar-refractivity contribution in [1.29, 1.82) is 0 Å². The standard InChI is InChI=1S/C16H27N3O/c1-3-11-19(4-2)12-10-18-16(20)15(17)13-14-8-6-5-7-9-14/h5-9,15H,3-4,10-13,17H2,1-2H3,(H,18,20). The molecule has 1 aromatic carbocycles. The van der Waals surface area contributed by atoms with Crippen molar-refractivity contribution in [1.82, 2.24) is 10.2 Å². The molecule has 0 saturated heterocycles. The number of carbonyl (C=O) groups is 1. The van der Waals surface area contributed by atoms with Crippen LogP contribution in [-0.4, -0.2) is 43.0 Å². The van der Waals surface area contributed by atoms with E-state index in [-0.39, 0.29) is 5.91 Å². The Labute approximate surface area is 122 Å². The summed E-state index contributed by atoms with van der Waals surface area (Å²) >= 11 is 0. The molecular formula is C16H27N3O. The predicted molar refractivity (Wildman–Crippen MR) is 83.5 cm³/mol. The van der Waals surface area contributed by atoms with E-state index in [1.165, 1.54) is 0 Å². The van der Waals surface area contributed by atoms with E-state index in [0.717, 1.165) is 31.6 Å². The first-order valence-electron chi connectivity index (χ1n) is 7.47. The first-order chi connectivity index (χ1) is 9.67. The van der Waals surface area contributed by atoms with E-state index in [2.05, 4.69) is 24.1 Å². The van der Waals surface area contributed by atoms with Gasteiger partial charge in [0, 0.05) is 13.1 Å². The van der Waals surface area contributed by atoms with Crippen LogP contribution in [0.15, 0.2) is 30.3 Å². The highest BCUT2D eigenvalue weighted by molar-refractivity contribution is 5.81. The maximum absolute atomic E-state index is 11.9. The first kappa shape index (κ1) is 16.7. The van der Waals surface area contributed by atoms with Gasteiger partial charge in [-0.15, -0.1) is 0 Å². The highest BCUT2D eigenvalue weighted by Gasteiger charge is 2.13. The molecule has 3 N–H and O–H groups in total. The molecule has 1 unspecified atom stereocenters. The smallest absolute Gasteiger partial charge is 0.237 e. The Morgan fingerprint density at radius 1 is 1.25 bits per heavy atom. The summed E-state index contributed by atoms with van der Waals surface area (Å²) in [7, 11) is 0. The number of rotatable bonds is 9. The Hall–Kier alpha value is -1.39. The van der Waals surface area contributed by atoms with Gasteiger partial charge >= 0.3 is 0 Å². The zero-order chi connectivity index (χ0) is 14.8. The number of nitrogens with two attached hydrogens (primary N) is 1. The summed E-state index contributed by atoms with van der Waals surface area (Å²) in [4.78, 5) is 14.2. The number of benzene rings is 1. The van der Waals surface area contributed by atoms with Gasteiger partial charge in [-0.05, 0) is 31.5 Å². The number of hydrogen-bond acceptors (Lipinski definition) is 3. The fraction of sp³-hybridized carbons (Fsp3) is 0.562. The minimum atomic E-state index is -0.473. The summed E-state index contributed by atoms with van der Waals surface area (Å²) in [6, 6.07) is 9.40. The maximum Gasteiger partial charge on any atom is 0.237 e. The van der Waals surface area contributed by atoms with Gasteiger partial charge in [-0.25, -0.2) is 0 Å². The third kappa shape index (κ3) is 6.17. The van der Waals surface area contributed by atoms with Gasteiger partial charge in [-0.2, -0.15) is 0 Å². The highest BCUT2D eigenvalue weighted by atomic mass is 16.2. The zero-order valence-electron chi connectivity index (χ0n) is 12.6. The molecule has 0 aliphatic rings. The lowest BCUT2D eigenvalue weighted by molar-refractivity contribution is -0.122. The Morgan fingerprint density at radius 3 is 2.55 bits per heavy atom. The van der Waals surface area contributed by atoms with E-state index in [4.69, 9.17) is 5.73 Å². The molecule has 0 heterocycles. The third-order valence-corrected chi connectivity index (χ3v) is 3.35. The van der Waals surface area contributed by atoms with E-state index < -0.39 is 6.04 Å². The Balaban J connectivity index is 2.28. The molecule has 1 rings (SSSR count). The third-order valence-electron chi connectivity index (χ3n) is 3.35. The van der Waals surface area contributed by atoms with Gasteiger partial charge in [0.1, 0.15) is 0 Å². The van der Waals surface area contributed by atoms with Crippen LogP contribution in [-0.2, 0) is 11.2 Å². The van der Waals surface area contributed by atoms with E-state index in [0.29, 0.717) is 13.0 Å². The molecule has 112 valence electrons. The molecular weight excluding hydrogens is 250 g/mol. The van der Waals surface area contributed by atoms with Crippen molar-refractivity contribution >= 4 is 5.91 Å². The minimum Gasteiger partial charge on any atom is -0.353 e. The molecule has 1 amide bonds. The van der Waals surface area contributed by atoms with Crippen LogP contribution < -0.4 is 11.1 Å². The van der Waals surface area contributed by atoms with Crippen molar-refractivity contribution in [2.75, 3.05) is 26.2 Å². The van der Waals surface area contributed by atoms with E-state index >= 15 is 0 Å². The largest absolute Gasteiger partial charge is 0.353 e. The second kappa shape index (κ2) is 9.50. The number of likely N-dealkylation sites (N-methyl/N-ethyl adjacent to an activating group) is 1. The predicted octanol–water partition coefficient (Wildman–Crippen LogP) is 1.40. The molecule has 0 fully saturated rings. The molecule has 1 atom stereocenters. The van der Waals surface area contributed by atoms with Crippen LogP contribution in [0.3, 0.4) is 0 Å². The lowest BCUT2D eigenvalue weighted by Crippen LogP contribution is -2.44. The quantitative estimate of drug-likeness (QED) is 0.717.